The summed E-state index contributed by atoms with van der Waals surface area (Å²) in [7, 11) is -2.97. The van der Waals surface area contributed by atoms with E-state index in [4.69, 9.17) is 23.2 Å². The maximum absolute atomic E-state index is 11.5. The van der Waals surface area contributed by atoms with E-state index in [-0.39, 0.29) is 23.5 Å². The zero-order chi connectivity index (χ0) is 16.4. The van der Waals surface area contributed by atoms with Gasteiger partial charge in [0.05, 0.1) is 28.4 Å². The zero-order valence-corrected chi connectivity index (χ0v) is 14.2. The molecule has 1 fully saturated rings. The van der Waals surface area contributed by atoms with Crippen molar-refractivity contribution in [1.29, 1.82) is 0 Å². The quantitative estimate of drug-likeness (QED) is 0.849. The molecule has 23 heavy (non-hydrogen) atoms. The average Bonchev–Trinajstić information content (AvgIpc) is 2.82. The topological polar surface area (TPSA) is 96.9 Å². The fourth-order valence-electron chi connectivity index (χ4n) is 2.25. The highest BCUT2D eigenvalue weighted by Gasteiger charge is 2.28. The van der Waals surface area contributed by atoms with Crippen molar-refractivity contribution in [2.75, 3.05) is 22.1 Å². The van der Waals surface area contributed by atoms with E-state index in [0.29, 0.717) is 28.0 Å². The SMILES string of the molecule is O=S1(=O)CCC(Nc2nncc(Nc3cc(Cl)ccc3Cl)n2)C1. The van der Waals surface area contributed by atoms with Gasteiger partial charge in [-0.25, -0.2) is 8.42 Å². The molecule has 1 saturated heterocycles. The molecule has 10 heteroatoms. The van der Waals surface area contributed by atoms with Crippen LogP contribution in [0.3, 0.4) is 0 Å². The van der Waals surface area contributed by atoms with Crippen molar-refractivity contribution in [3.8, 4) is 0 Å². The van der Waals surface area contributed by atoms with Gasteiger partial charge in [0, 0.05) is 11.1 Å². The van der Waals surface area contributed by atoms with E-state index >= 15 is 0 Å². The second-order valence-corrected chi connectivity index (χ2v) is 8.23. The minimum atomic E-state index is -2.97. The third-order valence-electron chi connectivity index (χ3n) is 3.32. The van der Waals surface area contributed by atoms with E-state index < -0.39 is 9.84 Å². The van der Waals surface area contributed by atoms with Crippen LogP contribution in [0.15, 0.2) is 24.4 Å². The second kappa shape index (κ2) is 6.46. The molecule has 3 rings (SSSR count). The fourth-order valence-corrected chi connectivity index (χ4v) is 4.26. The minimum Gasteiger partial charge on any atom is -0.349 e. The number of hydrogen-bond acceptors (Lipinski definition) is 7. The van der Waals surface area contributed by atoms with Crippen molar-refractivity contribution in [2.45, 2.75) is 12.5 Å². The summed E-state index contributed by atoms with van der Waals surface area (Å²) in [5.41, 5.74) is 0.592. The molecule has 7 nitrogen and oxygen atoms in total. The number of nitrogens with zero attached hydrogens (tertiary/aromatic N) is 3. The zero-order valence-electron chi connectivity index (χ0n) is 11.8. The van der Waals surface area contributed by atoms with Crippen molar-refractivity contribution in [1.82, 2.24) is 15.2 Å². The Bertz CT molecular complexity index is 831. The third-order valence-corrected chi connectivity index (χ3v) is 5.65. The Morgan fingerprint density at radius 1 is 1.26 bits per heavy atom. The number of hydrogen-bond donors (Lipinski definition) is 2. The highest BCUT2D eigenvalue weighted by molar-refractivity contribution is 7.91. The number of anilines is 3. The van der Waals surface area contributed by atoms with Gasteiger partial charge in [0.15, 0.2) is 15.7 Å². The van der Waals surface area contributed by atoms with E-state index in [1.807, 2.05) is 0 Å². The molecule has 1 aliphatic heterocycles. The van der Waals surface area contributed by atoms with E-state index in [1.165, 1.54) is 6.20 Å². The van der Waals surface area contributed by atoms with Crippen LogP contribution in [-0.2, 0) is 9.84 Å². The van der Waals surface area contributed by atoms with Crippen molar-refractivity contribution >= 4 is 50.5 Å². The smallest absolute Gasteiger partial charge is 0.244 e. The normalized spacial score (nSPS) is 19.5. The molecule has 2 aromatic rings. The largest absolute Gasteiger partial charge is 0.349 e. The first-order chi connectivity index (χ1) is 10.9. The van der Waals surface area contributed by atoms with Crippen LogP contribution in [-0.4, -0.2) is 41.1 Å². The molecular formula is C13H13Cl2N5O2S. The maximum atomic E-state index is 11.5. The first-order valence-electron chi connectivity index (χ1n) is 6.80. The lowest BCUT2D eigenvalue weighted by Crippen LogP contribution is -2.22. The molecule has 0 saturated carbocycles. The summed E-state index contributed by atoms with van der Waals surface area (Å²) in [6.07, 6.45) is 1.97. The van der Waals surface area contributed by atoms with Crippen molar-refractivity contribution in [3.05, 3.63) is 34.4 Å². The lowest BCUT2D eigenvalue weighted by atomic mass is 10.3. The molecule has 122 valence electrons. The summed E-state index contributed by atoms with van der Waals surface area (Å²) in [5.74, 6) is 0.935. The summed E-state index contributed by atoms with van der Waals surface area (Å²) in [6.45, 7) is 0. The summed E-state index contributed by atoms with van der Waals surface area (Å²) >= 11 is 12.0. The van der Waals surface area contributed by atoms with Crippen LogP contribution in [0.2, 0.25) is 10.0 Å². The third kappa shape index (κ3) is 4.21. The van der Waals surface area contributed by atoms with E-state index in [2.05, 4.69) is 25.8 Å². The minimum absolute atomic E-state index is 0.0775. The van der Waals surface area contributed by atoms with E-state index in [1.54, 1.807) is 18.2 Å². The van der Waals surface area contributed by atoms with Crippen molar-refractivity contribution in [2.24, 2.45) is 0 Å². The Balaban J connectivity index is 1.74. The van der Waals surface area contributed by atoms with Crippen LogP contribution in [0.5, 0.6) is 0 Å². The van der Waals surface area contributed by atoms with Crippen LogP contribution in [0.1, 0.15) is 6.42 Å². The molecule has 0 amide bonds. The van der Waals surface area contributed by atoms with Gasteiger partial charge in [0.2, 0.25) is 5.95 Å². The first kappa shape index (κ1) is 16.2. The highest BCUT2D eigenvalue weighted by Crippen LogP contribution is 2.27. The van der Waals surface area contributed by atoms with Gasteiger partial charge in [0.25, 0.3) is 0 Å². The molecule has 0 spiro atoms. The van der Waals surface area contributed by atoms with Gasteiger partial charge in [0.1, 0.15) is 0 Å². The molecule has 0 radical (unpaired) electrons. The summed E-state index contributed by atoms with van der Waals surface area (Å²) in [5, 5.41) is 14.7. The van der Waals surface area contributed by atoms with Gasteiger partial charge in [-0.3, -0.25) is 0 Å². The molecule has 1 unspecified atom stereocenters. The molecule has 0 aliphatic carbocycles. The Morgan fingerprint density at radius 3 is 2.83 bits per heavy atom. The van der Waals surface area contributed by atoms with Gasteiger partial charge >= 0.3 is 0 Å². The Labute approximate surface area is 143 Å². The van der Waals surface area contributed by atoms with Crippen LogP contribution in [0.25, 0.3) is 0 Å². The van der Waals surface area contributed by atoms with Gasteiger partial charge in [-0.2, -0.15) is 10.1 Å². The monoisotopic (exact) mass is 373 g/mol. The molecule has 0 bridgehead atoms. The van der Waals surface area contributed by atoms with Gasteiger partial charge in [-0.05, 0) is 24.6 Å². The second-order valence-electron chi connectivity index (χ2n) is 5.16. The Kier molecular flexibility index (Phi) is 4.56. The number of sulfone groups is 1. The lowest BCUT2D eigenvalue weighted by molar-refractivity contribution is 0.602. The van der Waals surface area contributed by atoms with Crippen LogP contribution < -0.4 is 10.6 Å². The molecular weight excluding hydrogens is 361 g/mol. The predicted octanol–water partition coefficient (Wildman–Crippen LogP) is 2.52. The van der Waals surface area contributed by atoms with Crippen LogP contribution in [0, 0.1) is 0 Å². The number of aromatic nitrogens is 3. The Morgan fingerprint density at radius 2 is 2.09 bits per heavy atom. The molecule has 2 N–H and O–H groups in total. The van der Waals surface area contributed by atoms with Gasteiger partial charge in [-0.1, -0.05) is 23.2 Å². The van der Waals surface area contributed by atoms with Gasteiger partial charge < -0.3 is 10.6 Å². The average molecular weight is 374 g/mol. The highest BCUT2D eigenvalue weighted by atomic mass is 35.5. The molecule has 1 aromatic heterocycles. The first-order valence-corrected chi connectivity index (χ1v) is 9.38. The van der Waals surface area contributed by atoms with E-state index in [0.717, 1.165) is 0 Å². The molecule has 1 aliphatic rings. The van der Waals surface area contributed by atoms with Crippen LogP contribution in [0.4, 0.5) is 17.5 Å². The van der Waals surface area contributed by atoms with Crippen molar-refractivity contribution in [3.63, 3.8) is 0 Å². The molecule has 1 aromatic carbocycles. The fraction of sp³-hybridized carbons (Fsp3) is 0.308. The number of nitrogens with one attached hydrogen (secondary N) is 2. The number of rotatable bonds is 4. The maximum Gasteiger partial charge on any atom is 0.244 e. The predicted molar refractivity (Wildman–Crippen MR) is 90.3 cm³/mol. The number of benzene rings is 1. The molecule has 1 atom stereocenters. The molecule has 2 heterocycles. The van der Waals surface area contributed by atoms with E-state index in [9.17, 15) is 8.42 Å². The number of halogens is 2. The van der Waals surface area contributed by atoms with Gasteiger partial charge in [-0.15, -0.1) is 5.10 Å². The summed E-state index contributed by atoms with van der Waals surface area (Å²) in [6, 6.07) is 4.82. The summed E-state index contributed by atoms with van der Waals surface area (Å²) < 4.78 is 22.9. The van der Waals surface area contributed by atoms with Crippen molar-refractivity contribution < 1.29 is 8.42 Å². The van der Waals surface area contributed by atoms with Crippen LogP contribution >= 0.6 is 23.2 Å². The standard InChI is InChI=1S/C13H13Cl2N5O2S/c14-8-1-2-10(15)11(5-8)18-12-6-16-20-13(19-12)17-9-3-4-23(21,22)7-9/h1-2,5-6,9H,3-4,7H2,(H2,17,18,19,20). The lowest BCUT2D eigenvalue weighted by Gasteiger charge is -2.12. The Hall–Kier alpha value is -1.64. The summed E-state index contributed by atoms with van der Waals surface area (Å²) in [4.78, 5) is 4.26.